The molecule has 0 saturated heterocycles. The summed E-state index contributed by atoms with van der Waals surface area (Å²) < 4.78 is 0. The van der Waals surface area contributed by atoms with E-state index in [1.54, 1.807) is 0 Å². The number of benzene rings is 1. The van der Waals surface area contributed by atoms with Crippen LogP contribution in [-0.4, -0.2) is 12.0 Å². The van der Waals surface area contributed by atoms with Gasteiger partial charge in [0.05, 0.1) is 5.69 Å². The molecule has 0 saturated carbocycles. The number of pyridine rings is 1. The van der Waals surface area contributed by atoms with Crippen LogP contribution in [0.1, 0.15) is 31.0 Å². The molecule has 0 aliphatic carbocycles. The van der Waals surface area contributed by atoms with Gasteiger partial charge in [-0.25, -0.2) is 0 Å². The van der Waals surface area contributed by atoms with Gasteiger partial charge in [0.25, 0.3) is 0 Å². The van der Waals surface area contributed by atoms with Crippen molar-refractivity contribution < 1.29 is 0 Å². The van der Waals surface area contributed by atoms with E-state index in [1.807, 2.05) is 13.2 Å². The van der Waals surface area contributed by atoms with Crippen molar-refractivity contribution in [3.8, 4) is 11.1 Å². The molecule has 2 aromatic rings. The van der Waals surface area contributed by atoms with Gasteiger partial charge in [-0.15, -0.1) is 0 Å². The van der Waals surface area contributed by atoms with Gasteiger partial charge in [0.2, 0.25) is 0 Å². The van der Waals surface area contributed by atoms with Crippen molar-refractivity contribution in [3.05, 3.63) is 53.9 Å². The van der Waals surface area contributed by atoms with Crippen LogP contribution in [0.15, 0.2) is 42.6 Å². The first-order chi connectivity index (χ1) is 8.70. The molecule has 2 heteroatoms. The number of nitrogens with zero attached hydrogens (tertiary/aromatic N) is 1. The molecule has 0 radical (unpaired) electrons. The summed E-state index contributed by atoms with van der Waals surface area (Å²) in [6.07, 6.45) is 1.87. The normalized spacial score (nSPS) is 10.9. The van der Waals surface area contributed by atoms with E-state index in [2.05, 4.69) is 60.5 Å². The van der Waals surface area contributed by atoms with Gasteiger partial charge < -0.3 is 5.32 Å². The molecular weight excluding hydrogens is 220 g/mol. The maximum Gasteiger partial charge on any atom is 0.0547 e. The summed E-state index contributed by atoms with van der Waals surface area (Å²) in [5.41, 5.74) is 4.93. The van der Waals surface area contributed by atoms with Crippen molar-refractivity contribution in [2.75, 3.05) is 7.05 Å². The molecule has 2 nitrogen and oxygen atoms in total. The van der Waals surface area contributed by atoms with E-state index >= 15 is 0 Å². The van der Waals surface area contributed by atoms with Crippen molar-refractivity contribution in [3.63, 3.8) is 0 Å². The largest absolute Gasteiger partial charge is 0.314 e. The smallest absolute Gasteiger partial charge is 0.0547 e. The Morgan fingerprint density at radius 1 is 1.06 bits per heavy atom. The predicted molar refractivity (Wildman–Crippen MR) is 76.5 cm³/mol. The highest BCUT2D eigenvalue weighted by atomic mass is 14.8. The summed E-state index contributed by atoms with van der Waals surface area (Å²) in [6, 6.07) is 13.0. The van der Waals surface area contributed by atoms with Crippen molar-refractivity contribution in [1.29, 1.82) is 0 Å². The fourth-order valence-electron chi connectivity index (χ4n) is 2.00. The second kappa shape index (κ2) is 5.78. The van der Waals surface area contributed by atoms with E-state index < -0.39 is 0 Å². The van der Waals surface area contributed by atoms with Crippen LogP contribution in [0.4, 0.5) is 0 Å². The lowest BCUT2D eigenvalue weighted by Crippen LogP contribution is -2.06. The Hall–Kier alpha value is -1.67. The number of hydrogen-bond acceptors (Lipinski definition) is 2. The molecule has 1 aromatic heterocycles. The van der Waals surface area contributed by atoms with Crippen molar-refractivity contribution in [1.82, 2.24) is 10.3 Å². The van der Waals surface area contributed by atoms with Gasteiger partial charge in [0.15, 0.2) is 0 Å². The summed E-state index contributed by atoms with van der Waals surface area (Å²) in [5, 5.41) is 3.12. The molecule has 94 valence electrons. The number of hydrogen-bond donors (Lipinski definition) is 1. The van der Waals surface area contributed by atoms with Gasteiger partial charge in [0.1, 0.15) is 0 Å². The van der Waals surface area contributed by atoms with E-state index in [0.717, 1.165) is 12.2 Å². The van der Waals surface area contributed by atoms with Crippen LogP contribution in [0.25, 0.3) is 11.1 Å². The minimum atomic E-state index is 0.580. The fourth-order valence-corrected chi connectivity index (χ4v) is 2.00. The molecule has 0 amide bonds. The van der Waals surface area contributed by atoms with Crippen LogP contribution in [0.3, 0.4) is 0 Å². The van der Waals surface area contributed by atoms with Crippen molar-refractivity contribution in [2.24, 2.45) is 0 Å². The predicted octanol–water partition coefficient (Wildman–Crippen LogP) is 3.59. The zero-order chi connectivity index (χ0) is 13.0. The zero-order valence-electron chi connectivity index (χ0n) is 11.3. The fraction of sp³-hybridized carbons (Fsp3) is 0.312. The maximum atomic E-state index is 4.34. The van der Waals surface area contributed by atoms with E-state index in [0.29, 0.717) is 5.92 Å². The maximum absolute atomic E-state index is 4.34. The third kappa shape index (κ3) is 2.96. The van der Waals surface area contributed by atoms with Gasteiger partial charge in [-0.05, 0) is 41.8 Å². The zero-order valence-corrected chi connectivity index (χ0v) is 11.3. The average molecular weight is 240 g/mol. The van der Waals surface area contributed by atoms with E-state index in [4.69, 9.17) is 0 Å². The van der Waals surface area contributed by atoms with Crippen LogP contribution in [0.2, 0.25) is 0 Å². The third-order valence-corrected chi connectivity index (χ3v) is 3.09. The second-order valence-corrected chi connectivity index (χ2v) is 4.84. The lowest BCUT2D eigenvalue weighted by atomic mass is 9.99. The third-order valence-electron chi connectivity index (χ3n) is 3.09. The Morgan fingerprint density at radius 2 is 1.78 bits per heavy atom. The number of nitrogens with one attached hydrogen (secondary N) is 1. The molecule has 1 aromatic carbocycles. The molecule has 1 heterocycles. The minimum absolute atomic E-state index is 0.580. The van der Waals surface area contributed by atoms with Gasteiger partial charge in [-0.1, -0.05) is 38.1 Å². The standard InChI is InChI=1S/C16H20N2/c1-12(2)13-4-6-14(7-5-13)15-8-9-18-16(10-15)11-17-3/h4-10,12,17H,11H2,1-3H3. The monoisotopic (exact) mass is 240 g/mol. The van der Waals surface area contributed by atoms with Gasteiger partial charge in [-0.2, -0.15) is 0 Å². The summed E-state index contributed by atoms with van der Waals surface area (Å²) in [5.74, 6) is 0.580. The molecule has 0 spiro atoms. The van der Waals surface area contributed by atoms with Crippen LogP contribution >= 0.6 is 0 Å². The number of rotatable bonds is 4. The average Bonchev–Trinajstić information content (AvgIpc) is 2.39. The topological polar surface area (TPSA) is 24.9 Å². The van der Waals surface area contributed by atoms with Crippen LogP contribution < -0.4 is 5.32 Å². The quantitative estimate of drug-likeness (QED) is 0.883. The SMILES string of the molecule is CNCc1cc(-c2ccc(C(C)C)cc2)ccn1. The Balaban J connectivity index is 2.27. The summed E-state index contributed by atoms with van der Waals surface area (Å²) >= 11 is 0. The Kier molecular flexibility index (Phi) is 4.11. The molecule has 0 aliphatic heterocycles. The molecular formula is C16H20N2. The molecule has 2 rings (SSSR count). The van der Waals surface area contributed by atoms with Gasteiger partial charge in [0, 0.05) is 12.7 Å². The second-order valence-electron chi connectivity index (χ2n) is 4.84. The highest BCUT2D eigenvalue weighted by molar-refractivity contribution is 5.63. The first kappa shape index (κ1) is 12.8. The molecule has 0 unspecified atom stereocenters. The molecule has 0 atom stereocenters. The lowest BCUT2D eigenvalue weighted by molar-refractivity contribution is 0.791. The van der Waals surface area contributed by atoms with Gasteiger partial charge in [-0.3, -0.25) is 4.98 Å². The Morgan fingerprint density at radius 3 is 2.39 bits per heavy atom. The van der Waals surface area contributed by atoms with E-state index in [-0.39, 0.29) is 0 Å². The summed E-state index contributed by atoms with van der Waals surface area (Å²) in [4.78, 5) is 4.34. The number of aromatic nitrogens is 1. The van der Waals surface area contributed by atoms with Crippen LogP contribution in [0, 0.1) is 0 Å². The minimum Gasteiger partial charge on any atom is -0.314 e. The summed E-state index contributed by atoms with van der Waals surface area (Å²) in [6.45, 7) is 5.23. The van der Waals surface area contributed by atoms with Gasteiger partial charge >= 0.3 is 0 Å². The molecule has 0 aliphatic rings. The first-order valence-corrected chi connectivity index (χ1v) is 6.40. The van der Waals surface area contributed by atoms with E-state index in [9.17, 15) is 0 Å². The first-order valence-electron chi connectivity index (χ1n) is 6.40. The highest BCUT2D eigenvalue weighted by Crippen LogP contribution is 2.22. The van der Waals surface area contributed by atoms with Crippen LogP contribution in [-0.2, 0) is 6.54 Å². The van der Waals surface area contributed by atoms with Crippen molar-refractivity contribution in [2.45, 2.75) is 26.3 Å². The highest BCUT2D eigenvalue weighted by Gasteiger charge is 2.02. The Labute approximate surface area is 109 Å². The molecule has 1 N–H and O–H groups in total. The van der Waals surface area contributed by atoms with E-state index in [1.165, 1.54) is 16.7 Å². The summed E-state index contributed by atoms with van der Waals surface area (Å²) in [7, 11) is 1.94. The molecule has 0 fully saturated rings. The van der Waals surface area contributed by atoms with Crippen LogP contribution in [0.5, 0.6) is 0 Å². The molecule has 0 bridgehead atoms. The molecule has 18 heavy (non-hydrogen) atoms. The Bertz CT molecular complexity index is 501. The van der Waals surface area contributed by atoms with Crippen molar-refractivity contribution >= 4 is 0 Å². The lowest BCUT2D eigenvalue weighted by Gasteiger charge is -2.08.